The van der Waals surface area contributed by atoms with Gasteiger partial charge in [0.25, 0.3) is 0 Å². The van der Waals surface area contributed by atoms with Gasteiger partial charge in [-0.3, -0.25) is 0 Å². The summed E-state index contributed by atoms with van der Waals surface area (Å²) in [6, 6.07) is 105. The Morgan fingerprint density at radius 3 is 1.18 bits per heavy atom. The second-order valence-electron chi connectivity index (χ2n) is 29.8. The quantitative estimate of drug-likeness (QED) is 0.146. The van der Waals surface area contributed by atoms with Crippen molar-refractivity contribution >= 4 is 78.2 Å². The van der Waals surface area contributed by atoms with Gasteiger partial charge in [-0.15, -0.1) is 5.60 Å². The molecule has 12 heteroatoms. The molecule has 0 radical (unpaired) electrons. The van der Waals surface area contributed by atoms with Crippen molar-refractivity contribution in [3.8, 4) is 107 Å². The molecular formula is C99H79Cl3N7NaO. The standard InChI is InChI=1S/C46H31ClN4.C25H16ClN3.C22H17Cl.C4H9O.C2H6.Na/c1-46(2)38-20-12-11-18-32(38)36-27-42-37(26-39(36)46)34-22-21-30(47)25-41(34)51(42)40-24-23-35(31-17-9-10-19-33(31)40)45-49-43(28-13-5-3-6-14-28)48-44(50-45)29-15-7-4-8-16-29;26-22-16-15-21(19-13-7-8-14-20(19)22)25-28-23(17-9-3-1-4-10-17)27-24(29-25)18-11-5-2-6-12-18;1-22(2)20-6-4-3-5-17(20)19-11-14-9-13-10-15(23)7-8-16(13)18(14)12-21(19)22;1-4(2,3)5;1-2;/h3-27H,1-2H3;1-16H;3-8,10-12H,9H2,1-2H3;1-3H3;1-2H3;/q;;;-1;;+1. The van der Waals surface area contributed by atoms with E-state index in [9.17, 15) is 5.11 Å². The van der Waals surface area contributed by atoms with Crippen LogP contribution in [0, 0.1) is 0 Å². The smallest absolute Gasteiger partial charge is 0.850 e. The van der Waals surface area contributed by atoms with Crippen molar-refractivity contribution in [3.63, 3.8) is 0 Å². The second-order valence-corrected chi connectivity index (χ2v) is 31.1. The summed E-state index contributed by atoms with van der Waals surface area (Å²) in [6.07, 6.45) is 0.987. The van der Waals surface area contributed by atoms with E-state index >= 15 is 0 Å². The molecule has 3 heterocycles. The Hall–Kier alpha value is -10.8. The Morgan fingerprint density at radius 1 is 0.306 bits per heavy atom. The predicted octanol–water partition coefficient (Wildman–Crippen LogP) is 23.2. The van der Waals surface area contributed by atoms with Gasteiger partial charge in [-0.2, -0.15) is 0 Å². The van der Waals surface area contributed by atoms with Gasteiger partial charge in [-0.1, -0.05) is 328 Å². The Balaban J connectivity index is 0.000000137. The molecule has 3 aliphatic rings. The van der Waals surface area contributed by atoms with Crippen LogP contribution in [-0.4, -0.2) is 40.1 Å². The molecule has 17 aromatic rings. The van der Waals surface area contributed by atoms with Gasteiger partial charge in [0, 0.05) is 80.8 Å². The van der Waals surface area contributed by atoms with Crippen molar-refractivity contribution in [2.45, 2.75) is 85.2 Å². The molecule has 111 heavy (non-hydrogen) atoms. The van der Waals surface area contributed by atoms with Crippen LogP contribution in [0.2, 0.25) is 15.1 Å². The van der Waals surface area contributed by atoms with E-state index in [1.165, 1.54) is 77.5 Å². The van der Waals surface area contributed by atoms with E-state index < -0.39 is 5.60 Å². The molecule has 3 aromatic heterocycles. The number of rotatable bonds is 7. The van der Waals surface area contributed by atoms with Crippen molar-refractivity contribution in [3.05, 3.63) is 352 Å². The van der Waals surface area contributed by atoms with Crippen LogP contribution >= 0.6 is 34.8 Å². The molecule has 3 aliphatic carbocycles. The SMILES string of the molecule is CC.CC(C)(C)[O-].CC1(C)c2ccccc2-c2cc3c(cc21)-c1ccc(Cl)cc1C3.CC1(C)c2ccccc2-c2cc3c(cc21)c1ccc(Cl)cc1n3-c1ccc(-c2nc(-c3ccccc3)nc(-c3ccccc3)n2)c2ccccc12.Clc1ccc(-c2nc(-c3ccccc3)nc(-c3ccccc3)n2)c2ccccc12.[Na+]. The molecule has 0 fully saturated rings. The molecule has 538 valence electrons. The summed E-state index contributed by atoms with van der Waals surface area (Å²) >= 11 is 19.3. The predicted molar refractivity (Wildman–Crippen MR) is 458 cm³/mol. The Morgan fingerprint density at radius 2 is 0.676 bits per heavy atom. The molecule has 20 rings (SSSR count). The van der Waals surface area contributed by atoms with Gasteiger partial charge in [0.05, 0.1) is 16.7 Å². The maximum atomic E-state index is 10.1. The van der Waals surface area contributed by atoms with Gasteiger partial charge < -0.3 is 9.67 Å². The van der Waals surface area contributed by atoms with Crippen molar-refractivity contribution < 1.29 is 34.7 Å². The van der Waals surface area contributed by atoms with E-state index in [2.05, 4.69) is 166 Å². The monoisotopic (exact) mass is 1510 g/mol. The number of halogens is 3. The first kappa shape index (κ1) is 75.7. The van der Waals surface area contributed by atoms with E-state index in [1.807, 2.05) is 184 Å². The molecule has 0 bridgehead atoms. The zero-order valence-corrected chi connectivity index (χ0v) is 68.0. The zero-order valence-electron chi connectivity index (χ0n) is 63.7. The molecule has 0 N–H and O–H groups in total. The van der Waals surface area contributed by atoms with Gasteiger partial charge in [0.1, 0.15) is 0 Å². The first-order valence-electron chi connectivity index (χ1n) is 37.4. The fraction of sp³-hybridized carbons (Fsp3) is 0.131. The maximum absolute atomic E-state index is 10.1. The first-order valence-corrected chi connectivity index (χ1v) is 38.5. The van der Waals surface area contributed by atoms with Gasteiger partial charge in [-0.05, 0) is 157 Å². The topological polar surface area (TPSA) is 105 Å². The van der Waals surface area contributed by atoms with E-state index in [-0.39, 0.29) is 40.4 Å². The van der Waals surface area contributed by atoms with Gasteiger partial charge in [0.2, 0.25) is 0 Å². The summed E-state index contributed by atoms with van der Waals surface area (Å²) in [5, 5.41) is 18.9. The molecule has 14 aromatic carbocycles. The minimum Gasteiger partial charge on any atom is -0.850 e. The van der Waals surface area contributed by atoms with Gasteiger partial charge in [-0.25, -0.2) is 29.9 Å². The third kappa shape index (κ3) is 14.6. The van der Waals surface area contributed by atoms with E-state index in [4.69, 9.17) is 64.7 Å². The summed E-state index contributed by atoms with van der Waals surface area (Å²) in [6.45, 7) is 18.2. The summed E-state index contributed by atoms with van der Waals surface area (Å²) in [5.41, 5.74) is 24.7. The summed E-state index contributed by atoms with van der Waals surface area (Å²) in [4.78, 5) is 29.5. The van der Waals surface area contributed by atoms with Gasteiger partial charge in [0.15, 0.2) is 34.9 Å². The van der Waals surface area contributed by atoms with Crippen molar-refractivity contribution in [2.24, 2.45) is 0 Å². The third-order valence-electron chi connectivity index (χ3n) is 20.9. The fourth-order valence-electron chi connectivity index (χ4n) is 15.8. The Labute approximate surface area is 685 Å². The van der Waals surface area contributed by atoms with Crippen LogP contribution in [0.1, 0.15) is 95.7 Å². The molecule has 0 unspecified atom stereocenters. The molecule has 0 atom stereocenters. The number of aromatic nitrogens is 7. The summed E-state index contributed by atoms with van der Waals surface area (Å²) in [7, 11) is 0. The van der Waals surface area contributed by atoms with Crippen LogP contribution in [0.15, 0.2) is 303 Å². The van der Waals surface area contributed by atoms with E-state index in [0.717, 1.165) is 83.1 Å². The average Bonchev–Trinajstić information content (AvgIpc) is 1.55. The van der Waals surface area contributed by atoms with Crippen molar-refractivity contribution in [1.29, 1.82) is 0 Å². The summed E-state index contributed by atoms with van der Waals surface area (Å²) < 4.78 is 2.38. The summed E-state index contributed by atoms with van der Waals surface area (Å²) in [5.74, 6) is 3.84. The van der Waals surface area contributed by atoms with Gasteiger partial charge >= 0.3 is 29.6 Å². The van der Waals surface area contributed by atoms with Crippen LogP contribution < -0.4 is 34.7 Å². The van der Waals surface area contributed by atoms with Crippen LogP contribution in [-0.2, 0) is 17.3 Å². The minimum atomic E-state index is -0.750. The third-order valence-corrected chi connectivity index (χ3v) is 21.7. The second kappa shape index (κ2) is 31.2. The normalized spacial score (nSPS) is 12.8. The molecule has 0 saturated carbocycles. The zero-order chi connectivity index (χ0) is 76.2. The largest absolute Gasteiger partial charge is 1.00 e. The number of hydrogen-bond donors (Lipinski definition) is 0. The number of fused-ring (bicyclic) bond motifs is 14. The van der Waals surface area contributed by atoms with E-state index in [1.54, 1.807) is 20.8 Å². The molecule has 0 amide bonds. The number of hydrogen-bond acceptors (Lipinski definition) is 7. The molecule has 0 spiro atoms. The average molecular weight is 1510 g/mol. The first-order chi connectivity index (χ1) is 53.3. The number of benzene rings is 14. The van der Waals surface area contributed by atoms with Crippen molar-refractivity contribution in [2.75, 3.05) is 0 Å². The minimum absolute atomic E-state index is 0. The molecule has 0 saturated heterocycles. The Bertz CT molecular complexity index is 6260. The molecular weight excluding hydrogens is 1430 g/mol. The Kier molecular flexibility index (Phi) is 21.3. The fourth-order valence-corrected chi connectivity index (χ4v) is 16.4. The molecule has 0 aliphatic heterocycles. The van der Waals surface area contributed by atoms with Crippen LogP contribution in [0.4, 0.5) is 0 Å². The van der Waals surface area contributed by atoms with Crippen LogP contribution in [0.5, 0.6) is 0 Å². The van der Waals surface area contributed by atoms with E-state index in [0.29, 0.717) is 45.0 Å². The van der Waals surface area contributed by atoms with Crippen LogP contribution in [0.3, 0.4) is 0 Å². The maximum Gasteiger partial charge on any atom is 1.00 e. The van der Waals surface area contributed by atoms with Crippen molar-refractivity contribution in [1.82, 2.24) is 34.5 Å². The molecule has 8 nitrogen and oxygen atoms in total. The number of nitrogens with zero attached hydrogens (tertiary/aromatic N) is 7. The van der Waals surface area contributed by atoms with Crippen LogP contribution in [0.25, 0.3) is 151 Å².